The molecular weight excluding hydrogens is 654 g/mol. The minimum Gasteiger partial charge on any atom is -0.494 e. The van der Waals surface area contributed by atoms with Crippen LogP contribution in [0.3, 0.4) is 0 Å². The summed E-state index contributed by atoms with van der Waals surface area (Å²) < 4.78 is 33.9. The van der Waals surface area contributed by atoms with Gasteiger partial charge in [0.25, 0.3) is 0 Å². The number of anilines is 5. The van der Waals surface area contributed by atoms with Crippen LogP contribution >= 0.6 is 11.6 Å². The number of methoxy groups -OCH3 is 1. The van der Waals surface area contributed by atoms with E-state index in [1.165, 1.54) is 42.9 Å². The van der Waals surface area contributed by atoms with Crippen LogP contribution in [0.4, 0.5) is 37.5 Å². The van der Waals surface area contributed by atoms with Crippen LogP contribution in [-0.4, -0.2) is 90.7 Å². The molecule has 4 fully saturated rings. The van der Waals surface area contributed by atoms with Crippen LogP contribution in [0.25, 0.3) is 0 Å². The Bertz CT molecular complexity index is 1660. The third-order valence-corrected chi connectivity index (χ3v) is 9.97. The van der Waals surface area contributed by atoms with Crippen LogP contribution in [0.2, 0.25) is 0 Å². The summed E-state index contributed by atoms with van der Waals surface area (Å²) in [6.07, 6.45) is 7.95. The van der Waals surface area contributed by atoms with Gasteiger partial charge in [-0.15, -0.1) is 0 Å². The van der Waals surface area contributed by atoms with Crippen molar-refractivity contribution in [3.05, 3.63) is 71.5 Å². The fourth-order valence-electron chi connectivity index (χ4n) is 7.25. The molecule has 7 rings (SSSR count). The summed E-state index contributed by atoms with van der Waals surface area (Å²) in [4.78, 5) is 34.9. The van der Waals surface area contributed by atoms with Gasteiger partial charge in [-0.1, -0.05) is 11.6 Å². The number of halogens is 3. The van der Waals surface area contributed by atoms with Crippen molar-refractivity contribution in [2.45, 2.75) is 50.2 Å². The molecule has 0 spiro atoms. The third kappa shape index (κ3) is 7.75. The number of rotatable bonds is 10. The molecule has 1 unspecified atom stereocenters. The minimum absolute atomic E-state index is 0.355. The number of ether oxygens (including phenoxy) is 1. The zero-order valence-electron chi connectivity index (χ0n) is 27.5. The fraction of sp³-hybridized carbons (Fsp3) is 0.457. The molecule has 49 heavy (non-hydrogen) atoms. The average Bonchev–Trinajstić information content (AvgIpc) is 3.84. The predicted molar refractivity (Wildman–Crippen MR) is 185 cm³/mol. The number of carbonyl (C=O) groups is 1. The number of amides is 1. The van der Waals surface area contributed by atoms with Gasteiger partial charge in [0.05, 0.1) is 36.8 Å². The van der Waals surface area contributed by atoms with Crippen molar-refractivity contribution >= 4 is 46.2 Å². The predicted octanol–water partition coefficient (Wildman–Crippen LogP) is 5.83. The van der Waals surface area contributed by atoms with Crippen LogP contribution in [0.15, 0.2) is 54.3 Å². The molecule has 1 atom stereocenters. The van der Waals surface area contributed by atoms with Crippen molar-refractivity contribution in [1.29, 1.82) is 0 Å². The van der Waals surface area contributed by atoms with Crippen LogP contribution in [0, 0.1) is 11.6 Å². The highest BCUT2D eigenvalue weighted by Gasteiger charge is 2.34. The number of nitrogens with one attached hydrogen (secondary N) is 2. The molecule has 1 saturated carbocycles. The molecule has 2 N–H and O–H groups in total. The number of carbonyl (C=O) groups excluding carboxylic acids is 1. The Kier molecular flexibility index (Phi) is 10.1. The van der Waals surface area contributed by atoms with E-state index in [9.17, 15) is 13.6 Å². The Morgan fingerprint density at radius 3 is 2.24 bits per heavy atom. The Hall–Kier alpha value is -4.04. The number of piperazine rings is 1. The molecule has 4 aliphatic rings. The van der Waals surface area contributed by atoms with E-state index in [1.54, 1.807) is 18.2 Å². The van der Waals surface area contributed by atoms with E-state index < -0.39 is 17.7 Å². The van der Waals surface area contributed by atoms with E-state index in [1.807, 2.05) is 12.1 Å². The van der Waals surface area contributed by atoms with Gasteiger partial charge in [0.1, 0.15) is 29.5 Å². The SMILES string of the molecule is COc1cc(N2CCC(N3CCN(C4CC4)CC3)CC2)c(NC(=O)C=CCl)cc1Nc1cc(N2OCCC2c2cc(F)cc(F)c2)ncn1. The maximum atomic E-state index is 14.0. The lowest BCUT2D eigenvalue weighted by Gasteiger charge is -2.43. The van der Waals surface area contributed by atoms with Gasteiger partial charge in [0.2, 0.25) is 5.91 Å². The lowest BCUT2D eigenvalue weighted by Crippen LogP contribution is -2.53. The van der Waals surface area contributed by atoms with Gasteiger partial charge >= 0.3 is 0 Å². The van der Waals surface area contributed by atoms with Crippen molar-refractivity contribution in [2.24, 2.45) is 0 Å². The highest BCUT2D eigenvalue weighted by atomic mass is 35.5. The largest absolute Gasteiger partial charge is 0.494 e. The van der Waals surface area contributed by atoms with Crippen LogP contribution < -0.4 is 25.3 Å². The number of nitrogens with zero attached hydrogens (tertiary/aromatic N) is 6. The lowest BCUT2D eigenvalue weighted by atomic mass is 10.0. The first-order valence-electron chi connectivity index (χ1n) is 16.9. The molecule has 260 valence electrons. The normalized spacial score (nSPS) is 21.0. The van der Waals surface area contributed by atoms with E-state index in [4.69, 9.17) is 21.2 Å². The summed E-state index contributed by atoms with van der Waals surface area (Å²) in [7, 11) is 1.60. The molecule has 4 heterocycles. The van der Waals surface area contributed by atoms with E-state index in [0.29, 0.717) is 53.4 Å². The molecule has 3 saturated heterocycles. The van der Waals surface area contributed by atoms with Gasteiger partial charge in [-0.05, 0) is 49.4 Å². The fourth-order valence-corrected chi connectivity index (χ4v) is 7.36. The molecule has 1 amide bonds. The standard InChI is InChI=1S/C35H41ClF2N8O3/c1-48-32-20-31(45-9-5-27(6-10-45)44-13-11-43(12-14-44)26-2-3-26)28(42-35(47)4-8-36)19-29(32)41-33-21-34(40-22-39-33)46-30(7-15-49-46)23-16-24(37)18-25(38)17-23/h4,8,16-22,26-27,30H,2-3,5-7,9-15H2,1H3,(H,42,47)(H,39,40,41). The molecule has 1 aromatic heterocycles. The second-order valence-corrected chi connectivity index (χ2v) is 13.2. The number of hydrogen-bond donors (Lipinski definition) is 2. The van der Waals surface area contributed by atoms with E-state index in [-0.39, 0.29) is 5.91 Å². The summed E-state index contributed by atoms with van der Waals surface area (Å²) >= 11 is 5.73. The molecule has 0 bridgehead atoms. The van der Waals surface area contributed by atoms with Crippen LogP contribution in [0.5, 0.6) is 5.75 Å². The number of hydrogen-bond acceptors (Lipinski definition) is 10. The smallest absolute Gasteiger partial charge is 0.249 e. The maximum Gasteiger partial charge on any atom is 0.249 e. The molecule has 14 heteroatoms. The topological polar surface area (TPSA) is 98.3 Å². The highest BCUT2D eigenvalue weighted by Crippen LogP contribution is 2.41. The van der Waals surface area contributed by atoms with Crippen molar-refractivity contribution in [3.63, 3.8) is 0 Å². The maximum absolute atomic E-state index is 14.0. The first-order chi connectivity index (χ1) is 23.9. The van der Waals surface area contributed by atoms with Crippen molar-refractivity contribution in [3.8, 4) is 5.75 Å². The van der Waals surface area contributed by atoms with Gasteiger partial charge < -0.3 is 20.3 Å². The van der Waals surface area contributed by atoms with Gasteiger partial charge in [0, 0.05) is 87.6 Å². The number of piperidine rings is 1. The van der Waals surface area contributed by atoms with Gasteiger partial charge in [-0.25, -0.2) is 23.8 Å². The Balaban J connectivity index is 1.09. The summed E-state index contributed by atoms with van der Waals surface area (Å²) in [5.41, 5.74) is 3.66. The first-order valence-corrected chi connectivity index (χ1v) is 17.3. The Morgan fingerprint density at radius 1 is 0.898 bits per heavy atom. The molecular formula is C35H41ClF2N8O3. The number of hydroxylamine groups is 1. The second kappa shape index (κ2) is 14.8. The lowest BCUT2D eigenvalue weighted by molar-refractivity contribution is -0.111. The zero-order valence-corrected chi connectivity index (χ0v) is 28.2. The average molecular weight is 695 g/mol. The molecule has 3 aromatic rings. The van der Waals surface area contributed by atoms with Crippen molar-refractivity contribution in [2.75, 3.05) is 73.6 Å². The summed E-state index contributed by atoms with van der Waals surface area (Å²) in [6.45, 7) is 6.62. The molecule has 2 aromatic carbocycles. The molecule has 0 radical (unpaired) electrons. The van der Waals surface area contributed by atoms with Gasteiger partial charge in [-0.2, -0.15) is 0 Å². The van der Waals surface area contributed by atoms with Crippen molar-refractivity contribution < 1.29 is 23.1 Å². The monoisotopic (exact) mass is 694 g/mol. The zero-order chi connectivity index (χ0) is 33.9. The number of aromatic nitrogens is 2. The summed E-state index contributed by atoms with van der Waals surface area (Å²) in [5, 5.41) is 7.83. The molecule has 11 nitrogen and oxygen atoms in total. The van der Waals surface area contributed by atoms with Gasteiger partial charge in [-0.3, -0.25) is 19.4 Å². The Morgan fingerprint density at radius 2 is 1.59 bits per heavy atom. The first kappa shape index (κ1) is 33.5. The second-order valence-electron chi connectivity index (χ2n) is 12.9. The third-order valence-electron chi connectivity index (χ3n) is 9.84. The highest BCUT2D eigenvalue weighted by molar-refractivity contribution is 6.27. The quantitative estimate of drug-likeness (QED) is 0.253. The Labute approximate surface area is 289 Å². The number of benzene rings is 2. The molecule has 1 aliphatic carbocycles. The van der Waals surface area contributed by atoms with Crippen LogP contribution in [0.1, 0.15) is 43.7 Å². The van der Waals surface area contributed by atoms with Crippen LogP contribution in [-0.2, 0) is 9.63 Å². The van der Waals surface area contributed by atoms with Gasteiger partial charge in [0.15, 0.2) is 5.82 Å². The van der Waals surface area contributed by atoms with E-state index in [0.717, 1.165) is 69.9 Å². The summed E-state index contributed by atoms with van der Waals surface area (Å²) in [6, 6.07) is 9.81. The van der Waals surface area contributed by atoms with E-state index >= 15 is 0 Å². The van der Waals surface area contributed by atoms with E-state index in [2.05, 4.69) is 35.3 Å². The van der Waals surface area contributed by atoms with Crippen molar-refractivity contribution in [1.82, 2.24) is 19.8 Å². The molecule has 3 aliphatic heterocycles. The minimum atomic E-state index is -0.654. The summed E-state index contributed by atoms with van der Waals surface area (Å²) in [5.74, 6) is -0.262.